The average Bonchev–Trinajstić information content (AvgIpc) is 3.83. The van der Waals surface area contributed by atoms with Crippen LogP contribution in [0.1, 0.15) is 16.7 Å². The Labute approximate surface area is 286 Å². The summed E-state index contributed by atoms with van der Waals surface area (Å²) in [5.41, 5.74) is 11.4. The van der Waals surface area contributed by atoms with Crippen LogP contribution in [0, 0.1) is 0 Å². The predicted molar refractivity (Wildman–Crippen MR) is 191 cm³/mol. The topological polar surface area (TPSA) is 198 Å². The third-order valence-electron chi connectivity index (χ3n) is 8.71. The van der Waals surface area contributed by atoms with Crippen molar-refractivity contribution in [1.82, 2.24) is 30.9 Å². The number of benzene rings is 3. The fourth-order valence-electron chi connectivity index (χ4n) is 6.10. The van der Waals surface area contributed by atoms with Gasteiger partial charge in [-0.15, -0.1) is 0 Å². The highest BCUT2D eigenvalue weighted by Crippen LogP contribution is 2.22. The zero-order valence-electron chi connectivity index (χ0n) is 26.4. The lowest BCUT2D eigenvalue weighted by Gasteiger charge is -2.24. The minimum atomic E-state index is -1.27. The molecule has 0 aliphatic heterocycles. The Morgan fingerprint density at radius 1 is 0.592 bits per heavy atom. The van der Waals surface area contributed by atoms with Gasteiger partial charge in [-0.25, -0.2) is 4.79 Å². The maximum atomic E-state index is 13.8. The van der Waals surface area contributed by atoms with Crippen molar-refractivity contribution in [3.63, 3.8) is 0 Å². The molecule has 3 aromatic heterocycles. The van der Waals surface area contributed by atoms with E-state index in [0.29, 0.717) is 0 Å². The molecule has 252 valence electrons. The maximum Gasteiger partial charge on any atom is 0.326 e. The van der Waals surface area contributed by atoms with E-state index < -0.39 is 47.9 Å². The normalized spacial score (nSPS) is 13.9. The number of nitrogens with two attached hydrogens (primary N) is 1. The van der Waals surface area contributed by atoms with Crippen molar-refractivity contribution in [1.29, 1.82) is 0 Å². The van der Waals surface area contributed by atoms with Crippen LogP contribution in [-0.4, -0.2) is 73.7 Å². The number of carboxylic acids is 1. The Balaban J connectivity index is 1.17. The highest BCUT2D eigenvalue weighted by molar-refractivity contribution is 7.80. The molecule has 3 aromatic carbocycles. The number of aromatic amines is 3. The quantitative estimate of drug-likeness (QED) is 0.0793. The molecule has 3 heterocycles. The molecule has 13 heteroatoms. The lowest BCUT2D eigenvalue weighted by Crippen LogP contribution is -2.58. The van der Waals surface area contributed by atoms with Gasteiger partial charge < -0.3 is 41.7 Å². The molecule has 0 spiro atoms. The van der Waals surface area contributed by atoms with Crippen molar-refractivity contribution in [3.8, 4) is 0 Å². The second-order valence-electron chi connectivity index (χ2n) is 12.0. The van der Waals surface area contributed by atoms with E-state index in [4.69, 9.17) is 5.73 Å². The van der Waals surface area contributed by atoms with Crippen LogP contribution in [0.25, 0.3) is 32.7 Å². The number of aromatic nitrogens is 3. The monoisotopic (exact) mass is 679 g/mol. The average molecular weight is 680 g/mol. The molecule has 0 aliphatic carbocycles. The summed E-state index contributed by atoms with van der Waals surface area (Å²) in [6.07, 6.45) is 5.64. The van der Waals surface area contributed by atoms with E-state index in [2.05, 4.69) is 43.5 Å². The lowest BCUT2D eigenvalue weighted by molar-refractivity contribution is -0.142. The second-order valence-corrected chi connectivity index (χ2v) is 12.4. The van der Waals surface area contributed by atoms with Crippen molar-refractivity contribution in [3.05, 3.63) is 108 Å². The van der Waals surface area contributed by atoms with E-state index in [1.807, 2.05) is 79.0 Å². The third kappa shape index (κ3) is 7.47. The molecule has 9 N–H and O–H groups in total. The van der Waals surface area contributed by atoms with Gasteiger partial charge in [-0.3, -0.25) is 14.4 Å². The molecule has 0 saturated carbocycles. The summed E-state index contributed by atoms with van der Waals surface area (Å²) >= 11 is 4.29. The Morgan fingerprint density at radius 2 is 0.980 bits per heavy atom. The number of hydrogen-bond acceptors (Lipinski definition) is 6. The van der Waals surface area contributed by atoms with Gasteiger partial charge in [0.1, 0.15) is 18.1 Å². The molecule has 6 rings (SSSR count). The Bertz CT molecular complexity index is 2140. The number of para-hydroxylation sites is 3. The molecule has 0 bridgehead atoms. The first-order valence-electron chi connectivity index (χ1n) is 15.9. The van der Waals surface area contributed by atoms with Gasteiger partial charge in [-0.05, 0) is 41.3 Å². The number of nitrogens with one attached hydrogen (secondary N) is 6. The van der Waals surface area contributed by atoms with Crippen LogP contribution >= 0.6 is 12.6 Å². The second kappa shape index (κ2) is 14.7. The highest BCUT2D eigenvalue weighted by Gasteiger charge is 2.31. The van der Waals surface area contributed by atoms with E-state index in [9.17, 15) is 24.3 Å². The number of hydrogen-bond donors (Lipinski definition) is 9. The molecule has 4 atom stereocenters. The summed E-state index contributed by atoms with van der Waals surface area (Å²) < 4.78 is 0. The summed E-state index contributed by atoms with van der Waals surface area (Å²) in [5, 5.41) is 20.7. The first kappa shape index (κ1) is 33.4. The zero-order valence-corrected chi connectivity index (χ0v) is 27.3. The largest absolute Gasteiger partial charge is 0.480 e. The smallest absolute Gasteiger partial charge is 0.326 e. The number of carbonyl (C=O) groups excluding carboxylic acids is 3. The molecule has 0 aliphatic rings. The Hall–Kier alpha value is -5.53. The van der Waals surface area contributed by atoms with E-state index in [0.717, 1.165) is 49.4 Å². The molecule has 3 amide bonds. The Kier molecular flexibility index (Phi) is 10.0. The number of H-pyrrole nitrogens is 3. The zero-order chi connectivity index (χ0) is 34.5. The van der Waals surface area contributed by atoms with Gasteiger partial charge >= 0.3 is 5.97 Å². The van der Waals surface area contributed by atoms with Crippen LogP contribution < -0.4 is 21.7 Å². The third-order valence-corrected chi connectivity index (χ3v) is 9.08. The fourth-order valence-corrected chi connectivity index (χ4v) is 6.35. The van der Waals surface area contributed by atoms with Crippen molar-refractivity contribution >= 4 is 69.0 Å². The van der Waals surface area contributed by atoms with Crippen LogP contribution in [0.15, 0.2) is 91.4 Å². The van der Waals surface area contributed by atoms with Gasteiger partial charge in [0.25, 0.3) is 0 Å². The van der Waals surface area contributed by atoms with Gasteiger partial charge in [0.15, 0.2) is 0 Å². The van der Waals surface area contributed by atoms with E-state index >= 15 is 0 Å². The first-order chi connectivity index (χ1) is 23.7. The van der Waals surface area contributed by atoms with Crippen LogP contribution in [0.4, 0.5) is 0 Å². The number of thiol groups is 1. The number of amides is 3. The van der Waals surface area contributed by atoms with Gasteiger partial charge in [0.2, 0.25) is 17.7 Å². The molecule has 0 fully saturated rings. The predicted octanol–water partition coefficient (Wildman–Crippen LogP) is 2.95. The summed E-state index contributed by atoms with van der Waals surface area (Å²) in [5.74, 6) is -3.25. The minimum absolute atomic E-state index is 0.0197. The number of carboxylic acid groups (broad SMARTS) is 1. The van der Waals surface area contributed by atoms with Crippen molar-refractivity contribution in [2.45, 2.75) is 43.4 Å². The molecule has 49 heavy (non-hydrogen) atoms. The SMILES string of the molecule is N[C@@H](Cc1c[nH]c2ccccc12)C(=O)N[C@@H](Cc1c[nH]c2ccccc12)C(=O)N[C@@H](CS)C(=O)N[C@@H](Cc1c[nH]c2ccccc12)C(=O)O. The first-order valence-corrected chi connectivity index (χ1v) is 16.5. The maximum absolute atomic E-state index is 13.8. The number of aliphatic carboxylic acids is 1. The lowest BCUT2D eigenvalue weighted by atomic mass is 10.0. The van der Waals surface area contributed by atoms with E-state index in [1.54, 1.807) is 12.4 Å². The number of rotatable bonds is 14. The number of fused-ring (bicyclic) bond motifs is 3. The molecular weight excluding hydrogens is 643 g/mol. The van der Waals surface area contributed by atoms with E-state index in [-0.39, 0.29) is 25.0 Å². The van der Waals surface area contributed by atoms with Gasteiger partial charge in [0.05, 0.1) is 6.04 Å². The Morgan fingerprint density at radius 3 is 1.45 bits per heavy atom. The molecule has 0 radical (unpaired) electrons. The van der Waals surface area contributed by atoms with Crippen molar-refractivity contribution in [2.24, 2.45) is 5.73 Å². The summed E-state index contributed by atoms with van der Waals surface area (Å²) in [7, 11) is 0. The summed E-state index contributed by atoms with van der Waals surface area (Å²) in [6.45, 7) is 0. The van der Waals surface area contributed by atoms with Crippen LogP contribution in [0.5, 0.6) is 0 Å². The standard InChI is InChI=1S/C36H37N7O5S/c37-26(13-20-16-38-27-10-4-1-7-23(20)27)33(44)41-30(14-21-17-39-28-11-5-2-8-24(21)28)34(45)43-32(19-49)35(46)42-31(36(47)48)15-22-18-40-29-12-6-3-9-25(22)29/h1-12,16-18,26,30-32,38-40,49H,13-15,19,37H2,(H,41,44)(H,42,46)(H,43,45)(H,47,48)/t26-,30-,31-,32-/m0/s1. The molecule has 12 nitrogen and oxygen atoms in total. The van der Waals surface area contributed by atoms with Gasteiger partial charge in [-0.1, -0.05) is 54.6 Å². The molecule has 0 unspecified atom stereocenters. The highest BCUT2D eigenvalue weighted by atomic mass is 32.1. The van der Waals surface area contributed by atoms with Gasteiger partial charge in [-0.2, -0.15) is 12.6 Å². The molecule has 0 saturated heterocycles. The van der Waals surface area contributed by atoms with Crippen molar-refractivity contribution in [2.75, 3.05) is 5.75 Å². The number of carbonyl (C=O) groups is 4. The van der Waals surface area contributed by atoms with E-state index in [1.165, 1.54) is 0 Å². The summed E-state index contributed by atoms with van der Waals surface area (Å²) in [4.78, 5) is 62.4. The van der Waals surface area contributed by atoms with Crippen molar-refractivity contribution < 1.29 is 24.3 Å². The van der Waals surface area contributed by atoms with Crippen LogP contribution in [0.2, 0.25) is 0 Å². The molecular formula is C36H37N7O5S. The van der Waals surface area contributed by atoms with Gasteiger partial charge in [0, 0.05) is 69.9 Å². The minimum Gasteiger partial charge on any atom is -0.480 e. The molecule has 6 aromatic rings. The van der Waals surface area contributed by atoms with Crippen LogP contribution in [-0.2, 0) is 38.4 Å². The summed E-state index contributed by atoms with van der Waals surface area (Å²) in [6, 6.07) is 18.2. The van der Waals surface area contributed by atoms with Crippen LogP contribution in [0.3, 0.4) is 0 Å². The fraction of sp³-hybridized carbons (Fsp3) is 0.222.